The van der Waals surface area contributed by atoms with Gasteiger partial charge in [-0.15, -0.1) is 0 Å². The Balaban J connectivity index is 2.11. The van der Waals surface area contributed by atoms with Crippen LogP contribution in [0.2, 0.25) is 0 Å². The number of aromatic carboxylic acids is 1. The Morgan fingerprint density at radius 2 is 1.68 bits per heavy atom. The average molecular weight is 291 g/mol. The standard InChI is InChI=1S/C18H13NO3/c20-17-10-9-12-5-1-2-6-13(12)15(17)11-19-16-8-4-3-7-14(16)18(21)22/h1-11,20H,(H,21,22). The Labute approximate surface area is 127 Å². The maximum Gasteiger partial charge on any atom is 0.337 e. The molecule has 0 aliphatic carbocycles. The van der Waals surface area contributed by atoms with Gasteiger partial charge in [0, 0.05) is 11.8 Å². The number of rotatable bonds is 3. The summed E-state index contributed by atoms with van der Waals surface area (Å²) in [7, 11) is 0. The zero-order valence-electron chi connectivity index (χ0n) is 11.6. The topological polar surface area (TPSA) is 69.9 Å². The van der Waals surface area contributed by atoms with Gasteiger partial charge in [0.25, 0.3) is 0 Å². The number of phenols is 1. The number of phenolic OH excluding ortho intramolecular Hbond substituents is 1. The van der Waals surface area contributed by atoms with E-state index < -0.39 is 5.97 Å². The van der Waals surface area contributed by atoms with E-state index in [1.54, 1.807) is 24.3 Å². The van der Waals surface area contributed by atoms with Crippen LogP contribution in [0.5, 0.6) is 5.75 Å². The number of benzene rings is 3. The molecule has 0 fully saturated rings. The molecule has 0 aliphatic rings. The third kappa shape index (κ3) is 2.54. The minimum Gasteiger partial charge on any atom is -0.507 e. The number of fused-ring (bicyclic) bond motifs is 1. The number of aromatic hydroxyl groups is 1. The van der Waals surface area contributed by atoms with Crippen LogP contribution in [0.1, 0.15) is 15.9 Å². The molecule has 0 radical (unpaired) electrons. The molecule has 22 heavy (non-hydrogen) atoms. The SMILES string of the molecule is O=C(O)c1ccccc1N=Cc1c(O)ccc2ccccc12. The lowest BCUT2D eigenvalue weighted by atomic mass is 10.0. The van der Waals surface area contributed by atoms with Gasteiger partial charge < -0.3 is 10.2 Å². The number of carbonyl (C=O) groups is 1. The van der Waals surface area contributed by atoms with E-state index in [2.05, 4.69) is 4.99 Å². The highest BCUT2D eigenvalue weighted by molar-refractivity contribution is 6.03. The van der Waals surface area contributed by atoms with E-state index in [1.165, 1.54) is 12.3 Å². The molecule has 4 heteroatoms. The summed E-state index contributed by atoms with van der Waals surface area (Å²) in [6, 6.07) is 17.6. The molecule has 0 saturated heterocycles. The number of carboxylic acid groups (broad SMARTS) is 1. The summed E-state index contributed by atoms with van der Waals surface area (Å²) < 4.78 is 0. The van der Waals surface area contributed by atoms with Crippen LogP contribution in [0, 0.1) is 0 Å². The summed E-state index contributed by atoms with van der Waals surface area (Å²) in [5.41, 5.74) is 1.04. The molecule has 0 aliphatic heterocycles. The van der Waals surface area contributed by atoms with Crippen molar-refractivity contribution >= 4 is 28.6 Å². The molecule has 0 spiro atoms. The lowest BCUT2D eigenvalue weighted by Gasteiger charge is -2.05. The smallest absolute Gasteiger partial charge is 0.337 e. The van der Waals surface area contributed by atoms with Crippen LogP contribution in [0.25, 0.3) is 10.8 Å². The Kier molecular flexibility index (Phi) is 3.58. The first kappa shape index (κ1) is 13.8. The molecule has 0 bridgehead atoms. The van der Waals surface area contributed by atoms with E-state index in [4.69, 9.17) is 5.11 Å². The van der Waals surface area contributed by atoms with Crippen molar-refractivity contribution in [3.8, 4) is 5.75 Å². The largest absolute Gasteiger partial charge is 0.507 e. The number of carboxylic acids is 1. The summed E-state index contributed by atoms with van der Waals surface area (Å²) in [6.45, 7) is 0. The normalized spacial score (nSPS) is 11.1. The molecular formula is C18H13NO3. The Morgan fingerprint density at radius 1 is 0.955 bits per heavy atom. The third-order valence-electron chi connectivity index (χ3n) is 3.41. The first-order valence-corrected chi connectivity index (χ1v) is 6.74. The van der Waals surface area contributed by atoms with Crippen LogP contribution < -0.4 is 0 Å². The quantitative estimate of drug-likeness (QED) is 0.717. The molecule has 3 rings (SSSR count). The zero-order chi connectivity index (χ0) is 15.5. The van der Waals surface area contributed by atoms with Gasteiger partial charge in [0.2, 0.25) is 0 Å². The van der Waals surface area contributed by atoms with Crippen molar-refractivity contribution in [1.29, 1.82) is 0 Å². The predicted molar refractivity (Wildman–Crippen MR) is 86.3 cm³/mol. The molecule has 0 amide bonds. The fourth-order valence-electron chi connectivity index (χ4n) is 2.32. The number of nitrogens with zero attached hydrogens (tertiary/aromatic N) is 1. The van der Waals surface area contributed by atoms with Gasteiger partial charge in [-0.05, 0) is 29.0 Å². The highest BCUT2D eigenvalue weighted by atomic mass is 16.4. The van der Waals surface area contributed by atoms with Crippen molar-refractivity contribution in [1.82, 2.24) is 0 Å². The Morgan fingerprint density at radius 3 is 2.50 bits per heavy atom. The minimum absolute atomic E-state index is 0.107. The molecule has 0 atom stereocenters. The van der Waals surface area contributed by atoms with Crippen LogP contribution in [-0.2, 0) is 0 Å². The van der Waals surface area contributed by atoms with Crippen LogP contribution in [0.4, 0.5) is 5.69 Å². The molecule has 4 nitrogen and oxygen atoms in total. The molecular weight excluding hydrogens is 278 g/mol. The molecule has 3 aromatic rings. The van der Waals surface area contributed by atoms with Crippen molar-refractivity contribution < 1.29 is 15.0 Å². The molecule has 108 valence electrons. The second-order valence-corrected chi connectivity index (χ2v) is 4.80. The summed E-state index contributed by atoms with van der Waals surface area (Å²) in [4.78, 5) is 15.4. The monoisotopic (exact) mass is 291 g/mol. The van der Waals surface area contributed by atoms with Gasteiger partial charge in [-0.25, -0.2) is 4.79 Å². The second-order valence-electron chi connectivity index (χ2n) is 4.80. The predicted octanol–water partition coefficient (Wildman–Crippen LogP) is 3.99. The van der Waals surface area contributed by atoms with Gasteiger partial charge in [0.1, 0.15) is 5.75 Å². The summed E-state index contributed by atoms with van der Waals surface area (Å²) in [5, 5.41) is 21.1. The van der Waals surface area contributed by atoms with Crippen molar-refractivity contribution in [2.45, 2.75) is 0 Å². The van der Waals surface area contributed by atoms with E-state index in [-0.39, 0.29) is 11.3 Å². The first-order chi connectivity index (χ1) is 10.7. The highest BCUT2D eigenvalue weighted by Crippen LogP contribution is 2.27. The van der Waals surface area contributed by atoms with E-state index in [1.807, 2.05) is 30.3 Å². The van der Waals surface area contributed by atoms with Gasteiger partial charge in [-0.3, -0.25) is 4.99 Å². The molecule has 0 aromatic heterocycles. The maximum atomic E-state index is 11.2. The summed E-state index contributed by atoms with van der Waals surface area (Å²) in [6.07, 6.45) is 1.50. The van der Waals surface area contributed by atoms with Crippen LogP contribution in [0.15, 0.2) is 65.7 Å². The van der Waals surface area contributed by atoms with Gasteiger partial charge >= 0.3 is 5.97 Å². The Bertz CT molecular complexity index is 884. The first-order valence-electron chi connectivity index (χ1n) is 6.74. The van der Waals surface area contributed by atoms with Gasteiger partial charge in [0.05, 0.1) is 11.3 Å². The van der Waals surface area contributed by atoms with Crippen LogP contribution in [0.3, 0.4) is 0 Å². The minimum atomic E-state index is -1.03. The van der Waals surface area contributed by atoms with Crippen LogP contribution >= 0.6 is 0 Å². The molecule has 2 N–H and O–H groups in total. The van der Waals surface area contributed by atoms with Crippen molar-refractivity contribution in [3.63, 3.8) is 0 Å². The summed E-state index contributed by atoms with van der Waals surface area (Å²) >= 11 is 0. The van der Waals surface area contributed by atoms with E-state index in [0.29, 0.717) is 11.3 Å². The zero-order valence-corrected chi connectivity index (χ0v) is 11.6. The maximum absolute atomic E-state index is 11.2. The van der Waals surface area contributed by atoms with E-state index in [0.717, 1.165) is 10.8 Å². The van der Waals surface area contributed by atoms with Gasteiger partial charge in [-0.2, -0.15) is 0 Å². The molecule has 0 unspecified atom stereocenters. The van der Waals surface area contributed by atoms with Crippen molar-refractivity contribution in [3.05, 3.63) is 71.8 Å². The molecule has 0 saturated carbocycles. The van der Waals surface area contributed by atoms with Crippen LogP contribution in [-0.4, -0.2) is 22.4 Å². The molecule has 3 aromatic carbocycles. The fraction of sp³-hybridized carbons (Fsp3) is 0. The number of para-hydroxylation sites is 1. The average Bonchev–Trinajstić information content (AvgIpc) is 2.54. The summed E-state index contributed by atoms with van der Waals surface area (Å²) in [5.74, 6) is -0.926. The number of hydrogen-bond acceptors (Lipinski definition) is 3. The Hall–Kier alpha value is -3.14. The fourth-order valence-corrected chi connectivity index (χ4v) is 2.32. The lowest BCUT2D eigenvalue weighted by molar-refractivity contribution is 0.0698. The number of hydrogen-bond donors (Lipinski definition) is 2. The number of aliphatic imine (C=N–C) groups is 1. The third-order valence-corrected chi connectivity index (χ3v) is 3.41. The lowest BCUT2D eigenvalue weighted by Crippen LogP contribution is -1.96. The van der Waals surface area contributed by atoms with Crippen molar-refractivity contribution in [2.24, 2.45) is 4.99 Å². The van der Waals surface area contributed by atoms with Gasteiger partial charge in [0.15, 0.2) is 0 Å². The second kappa shape index (κ2) is 5.69. The van der Waals surface area contributed by atoms with E-state index in [9.17, 15) is 9.90 Å². The molecule has 0 heterocycles. The highest BCUT2D eigenvalue weighted by Gasteiger charge is 2.08. The van der Waals surface area contributed by atoms with Gasteiger partial charge in [-0.1, -0.05) is 42.5 Å². The van der Waals surface area contributed by atoms with E-state index >= 15 is 0 Å². The van der Waals surface area contributed by atoms with Crippen molar-refractivity contribution in [2.75, 3.05) is 0 Å².